The van der Waals surface area contributed by atoms with Crippen LogP contribution in [0.5, 0.6) is 0 Å². The zero-order chi connectivity index (χ0) is 14.5. The number of hydrogen-bond acceptors (Lipinski definition) is 2. The minimum Gasteiger partial charge on any atom is -0.316 e. The molecule has 0 amide bonds. The van der Waals surface area contributed by atoms with E-state index in [1.54, 1.807) is 5.56 Å². The van der Waals surface area contributed by atoms with E-state index >= 15 is 0 Å². The van der Waals surface area contributed by atoms with Crippen LogP contribution in [0.25, 0.3) is 0 Å². The molecule has 1 aromatic carbocycles. The first-order valence-electron chi connectivity index (χ1n) is 8.74. The van der Waals surface area contributed by atoms with Crippen molar-refractivity contribution < 1.29 is 0 Å². The number of nitrogens with one attached hydrogen (secondary N) is 1. The van der Waals surface area contributed by atoms with Gasteiger partial charge in [0.25, 0.3) is 0 Å². The molecule has 0 aliphatic heterocycles. The summed E-state index contributed by atoms with van der Waals surface area (Å²) in [5, 5.41) is 5.32. The summed E-state index contributed by atoms with van der Waals surface area (Å²) in [6.45, 7) is 0. The van der Waals surface area contributed by atoms with Gasteiger partial charge in [-0.1, -0.05) is 49.6 Å². The molecule has 0 spiro atoms. The van der Waals surface area contributed by atoms with Crippen LogP contribution in [0, 0.1) is 0 Å². The summed E-state index contributed by atoms with van der Waals surface area (Å²) >= 11 is 2.31. The van der Waals surface area contributed by atoms with Gasteiger partial charge in [0.1, 0.15) is 0 Å². The zero-order valence-electron chi connectivity index (χ0n) is 13.3. The fraction of sp³-hybridized carbons (Fsp3) is 0.684. The van der Waals surface area contributed by atoms with E-state index in [0.717, 1.165) is 22.5 Å². The van der Waals surface area contributed by atoms with Crippen LogP contribution >= 0.6 is 11.8 Å². The van der Waals surface area contributed by atoms with Crippen LogP contribution in [0.4, 0.5) is 0 Å². The number of benzene rings is 1. The molecule has 1 nitrogen and oxygen atoms in total. The summed E-state index contributed by atoms with van der Waals surface area (Å²) in [6, 6.07) is 11.9. The third-order valence-electron chi connectivity index (χ3n) is 5.35. The van der Waals surface area contributed by atoms with E-state index in [1.807, 2.05) is 0 Å². The summed E-state index contributed by atoms with van der Waals surface area (Å²) in [5.41, 5.74) is 1.56. The van der Waals surface area contributed by atoms with Crippen molar-refractivity contribution in [2.24, 2.45) is 0 Å². The van der Waals surface area contributed by atoms with Crippen molar-refractivity contribution in [2.75, 3.05) is 7.05 Å². The molecule has 116 valence electrons. The average Bonchev–Trinajstić information content (AvgIpc) is 2.56. The van der Waals surface area contributed by atoms with Crippen molar-refractivity contribution in [3.8, 4) is 0 Å². The van der Waals surface area contributed by atoms with Crippen molar-refractivity contribution >= 4 is 11.8 Å². The van der Waals surface area contributed by atoms with E-state index in [4.69, 9.17) is 0 Å². The minimum atomic E-state index is 0.719. The molecule has 3 rings (SSSR count). The molecule has 0 saturated heterocycles. The monoisotopic (exact) mass is 303 g/mol. The molecule has 2 heteroatoms. The Morgan fingerprint density at radius 1 is 0.952 bits per heavy atom. The molecule has 2 aliphatic carbocycles. The normalized spacial score (nSPS) is 31.2. The van der Waals surface area contributed by atoms with Gasteiger partial charge in [-0.05, 0) is 50.6 Å². The van der Waals surface area contributed by atoms with Gasteiger partial charge < -0.3 is 5.32 Å². The zero-order valence-corrected chi connectivity index (χ0v) is 14.1. The lowest BCUT2D eigenvalue weighted by Crippen LogP contribution is -2.41. The number of rotatable bonds is 4. The van der Waals surface area contributed by atoms with E-state index in [1.165, 1.54) is 51.4 Å². The summed E-state index contributed by atoms with van der Waals surface area (Å²) in [4.78, 5) is 0. The molecule has 2 saturated carbocycles. The van der Waals surface area contributed by atoms with Crippen LogP contribution in [0.15, 0.2) is 30.3 Å². The highest BCUT2D eigenvalue weighted by Crippen LogP contribution is 2.42. The Labute approximate surface area is 134 Å². The minimum absolute atomic E-state index is 0.719. The van der Waals surface area contributed by atoms with E-state index < -0.39 is 0 Å². The smallest absolute Gasteiger partial charge is 0.0209 e. The Hall–Kier alpha value is -0.470. The highest BCUT2D eigenvalue weighted by Gasteiger charge is 2.32. The second-order valence-electron chi connectivity index (χ2n) is 6.75. The molecule has 21 heavy (non-hydrogen) atoms. The summed E-state index contributed by atoms with van der Waals surface area (Å²) in [5.74, 6) is 0.775. The van der Waals surface area contributed by atoms with Gasteiger partial charge in [0, 0.05) is 16.5 Å². The van der Waals surface area contributed by atoms with Crippen molar-refractivity contribution in [3.63, 3.8) is 0 Å². The quantitative estimate of drug-likeness (QED) is 0.842. The van der Waals surface area contributed by atoms with Crippen molar-refractivity contribution in [2.45, 2.75) is 73.8 Å². The Kier molecular flexibility index (Phi) is 5.65. The van der Waals surface area contributed by atoms with Crippen LogP contribution < -0.4 is 5.32 Å². The molecule has 0 heterocycles. The molecule has 1 N–H and O–H groups in total. The van der Waals surface area contributed by atoms with Gasteiger partial charge in [-0.15, -0.1) is 0 Å². The predicted molar refractivity (Wildman–Crippen MR) is 94.1 cm³/mol. The second kappa shape index (κ2) is 7.69. The maximum Gasteiger partial charge on any atom is 0.0209 e. The lowest BCUT2D eigenvalue weighted by atomic mass is 9.81. The Balaban J connectivity index is 1.64. The third-order valence-corrected chi connectivity index (χ3v) is 7.08. The van der Waals surface area contributed by atoms with E-state index in [0.29, 0.717) is 0 Å². The Morgan fingerprint density at radius 2 is 1.71 bits per heavy atom. The summed E-state index contributed by atoms with van der Waals surface area (Å²) in [7, 11) is 2.15. The standard InChI is InChI=1S/C19H29NS/c1-20-18-13-12-16(15-8-4-2-5-9-15)14-19(18)21-17-10-6-3-7-11-17/h2,4-5,8-9,16-20H,3,6-7,10-14H2,1H3. The second-order valence-corrected chi connectivity index (χ2v) is 8.29. The molecule has 3 atom stereocenters. The summed E-state index contributed by atoms with van der Waals surface area (Å²) < 4.78 is 0. The molecule has 2 fully saturated rings. The first-order valence-corrected chi connectivity index (χ1v) is 9.69. The van der Waals surface area contributed by atoms with Gasteiger partial charge in [0.2, 0.25) is 0 Å². The highest BCUT2D eigenvalue weighted by molar-refractivity contribution is 8.00. The van der Waals surface area contributed by atoms with Crippen molar-refractivity contribution in [1.29, 1.82) is 0 Å². The maximum absolute atomic E-state index is 3.59. The van der Waals surface area contributed by atoms with Crippen LogP contribution in [-0.2, 0) is 0 Å². The van der Waals surface area contributed by atoms with Gasteiger partial charge in [-0.3, -0.25) is 0 Å². The molecular formula is C19H29NS. The van der Waals surface area contributed by atoms with Crippen molar-refractivity contribution in [3.05, 3.63) is 35.9 Å². The first kappa shape index (κ1) is 15.4. The molecule has 0 radical (unpaired) electrons. The topological polar surface area (TPSA) is 12.0 Å². The fourth-order valence-corrected chi connectivity index (χ4v) is 5.99. The molecule has 3 unspecified atom stereocenters. The molecular weight excluding hydrogens is 274 g/mol. The SMILES string of the molecule is CNC1CCC(c2ccccc2)CC1SC1CCCCC1. The van der Waals surface area contributed by atoms with E-state index in [-0.39, 0.29) is 0 Å². The predicted octanol–water partition coefficient (Wildman–Crippen LogP) is 4.98. The van der Waals surface area contributed by atoms with Gasteiger partial charge in [0.15, 0.2) is 0 Å². The summed E-state index contributed by atoms with van der Waals surface area (Å²) in [6.07, 6.45) is 11.3. The average molecular weight is 304 g/mol. The van der Waals surface area contributed by atoms with Gasteiger partial charge in [-0.25, -0.2) is 0 Å². The largest absolute Gasteiger partial charge is 0.316 e. The Bertz CT molecular complexity index is 413. The maximum atomic E-state index is 3.59. The Morgan fingerprint density at radius 3 is 2.43 bits per heavy atom. The van der Waals surface area contributed by atoms with Crippen LogP contribution in [0.2, 0.25) is 0 Å². The molecule has 2 aliphatic rings. The highest BCUT2D eigenvalue weighted by atomic mass is 32.2. The first-order chi connectivity index (χ1) is 10.4. The molecule has 1 aromatic rings. The molecule has 0 aromatic heterocycles. The van der Waals surface area contributed by atoms with E-state index in [2.05, 4.69) is 54.5 Å². The van der Waals surface area contributed by atoms with Crippen LogP contribution in [0.1, 0.15) is 62.8 Å². The van der Waals surface area contributed by atoms with Crippen molar-refractivity contribution in [1.82, 2.24) is 5.32 Å². The lowest BCUT2D eigenvalue weighted by Gasteiger charge is -2.38. The van der Waals surface area contributed by atoms with Gasteiger partial charge >= 0.3 is 0 Å². The molecule has 0 bridgehead atoms. The third kappa shape index (κ3) is 4.04. The van der Waals surface area contributed by atoms with Crippen LogP contribution in [-0.4, -0.2) is 23.6 Å². The van der Waals surface area contributed by atoms with Gasteiger partial charge in [0.05, 0.1) is 0 Å². The number of hydrogen-bond donors (Lipinski definition) is 1. The number of thioether (sulfide) groups is 1. The van der Waals surface area contributed by atoms with Gasteiger partial charge in [-0.2, -0.15) is 11.8 Å². The van der Waals surface area contributed by atoms with Crippen LogP contribution in [0.3, 0.4) is 0 Å². The fourth-order valence-electron chi connectivity index (χ4n) is 4.09. The lowest BCUT2D eigenvalue weighted by molar-refractivity contribution is 0.367. The van der Waals surface area contributed by atoms with E-state index in [9.17, 15) is 0 Å².